The van der Waals surface area contributed by atoms with E-state index in [1.54, 1.807) is 0 Å². The largest absolute Gasteiger partial charge is 0.310 e. The molecule has 0 amide bonds. The highest BCUT2D eigenvalue weighted by Gasteiger charge is 2.23. The van der Waals surface area contributed by atoms with E-state index in [0.717, 1.165) is 13.0 Å². The van der Waals surface area contributed by atoms with Crippen LogP contribution < -0.4 is 5.32 Å². The number of nitrogens with one attached hydrogen (secondary N) is 1. The van der Waals surface area contributed by atoms with Crippen molar-refractivity contribution in [3.63, 3.8) is 0 Å². The minimum atomic E-state index is 0.139. The van der Waals surface area contributed by atoms with Gasteiger partial charge in [-0.15, -0.1) is 11.3 Å². The third kappa shape index (κ3) is 4.69. The molecule has 18 heavy (non-hydrogen) atoms. The Labute approximate surface area is 116 Å². The molecule has 1 rings (SSSR count). The molecule has 0 aromatic carbocycles. The Bertz CT molecular complexity index is 372. The van der Waals surface area contributed by atoms with Crippen molar-refractivity contribution in [2.75, 3.05) is 0 Å². The van der Waals surface area contributed by atoms with E-state index < -0.39 is 0 Å². The normalized spacial score (nSPS) is 12.7. The van der Waals surface area contributed by atoms with Crippen LogP contribution in [0.1, 0.15) is 64.0 Å². The molecule has 1 heterocycles. The lowest BCUT2D eigenvalue weighted by Gasteiger charge is -2.18. The maximum Gasteiger partial charge on any atom is 0.0934 e. The van der Waals surface area contributed by atoms with Crippen LogP contribution in [0.5, 0.6) is 0 Å². The van der Waals surface area contributed by atoms with Gasteiger partial charge in [0.25, 0.3) is 0 Å². The summed E-state index contributed by atoms with van der Waals surface area (Å²) < 4.78 is 0. The topological polar surface area (TPSA) is 24.9 Å². The molecule has 0 spiro atoms. The Hall–Kier alpha value is -0.410. The van der Waals surface area contributed by atoms with E-state index in [9.17, 15) is 0 Å². The Morgan fingerprint density at radius 3 is 2.22 bits per heavy atom. The van der Waals surface area contributed by atoms with Crippen molar-refractivity contribution in [2.24, 2.45) is 5.92 Å². The predicted octanol–water partition coefficient (Wildman–Crippen LogP) is 4.14. The third-order valence-electron chi connectivity index (χ3n) is 2.71. The van der Waals surface area contributed by atoms with E-state index in [0.29, 0.717) is 12.0 Å². The molecular weight excluding hydrogens is 240 g/mol. The number of aromatic nitrogens is 1. The summed E-state index contributed by atoms with van der Waals surface area (Å²) in [5.74, 6) is 0.676. The minimum Gasteiger partial charge on any atom is -0.310 e. The van der Waals surface area contributed by atoms with Gasteiger partial charge in [0.1, 0.15) is 0 Å². The van der Waals surface area contributed by atoms with Crippen molar-refractivity contribution >= 4 is 11.3 Å². The monoisotopic (exact) mass is 268 g/mol. The third-order valence-corrected chi connectivity index (χ3v) is 3.78. The van der Waals surface area contributed by atoms with Gasteiger partial charge in [0.05, 0.1) is 10.7 Å². The molecule has 1 aromatic heterocycles. The van der Waals surface area contributed by atoms with Crippen LogP contribution in [0.4, 0.5) is 0 Å². The van der Waals surface area contributed by atoms with Crippen molar-refractivity contribution in [3.05, 3.63) is 15.6 Å². The SMILES string of the molecule is CC(C)Cc1nc(C(C)(C)C)c(CNC(C)C)s1. The lowest BCUT2D eigenvalue weighted by atomic mass is 9.91. The van der Waals surface area contributed by atoms with Crippen LogP contribution in [0, 0.1) is 5.92 Å². The van der Waals surface area contributed by atoms with E-state index in [2.05, 4.69) is 53.8 Å². The summed E-state index contributed by atoms with van der Waals surface area (Å²) in [4.78, 5) is 6.29. The molecule has 3 heteroatoms. The zero-order valence-electron chi connectivity index (χ0n) is 12.9. The summed E-state index contributed by atoms with van der Waals surface area (Å²) in [5, 5.41) is 4.80. The second-order valence-electron chi connectivity index (χ2n) is 6.76. The van der Waals surface area contributed by atoms with E-state index >= 15 is 0 Å². The summed E-state index contributed by atoms with van der Waals surface area (Å²) in [6.45, 7) is 16.6. The molecule has 0 aliphatic rings. The first kappa shape index (κ1) is 15.6. The summed E-state index contributed by atoms with van der Waals surface area (Å²) >= 11 is 1.88. The van der Waals surface area contributed by atoms with Gasteiger partial charge in [0.2, 0.25) is 0 Å². The van der Waals surface area contributed by atoms with Crippen molar-refractivity contribution in [2.45, 2.75) is 72.9 Å². The number of rotatable bonds is 5. The highest BCUT2D eigenvalue weighted by molar-refractivity contribution is 7.11. The number of thiazole rings is 1. The maximum absolute atomic E-state index is 4.88. The van der Waals surface area contributed by atoms with Crippen molar-refractivity contribution in [1.82, 2.24) is 10.3 Å². The van der Waals surface area contributed by atoms with E-state index in [-0.39, 0.29) is 5.41 Å². The molecule has 0 atom stereocenters. The van der Waals surface area contributed by atoms with Crippen LogP contribution in [-0.4, -0.2) is 11.0 Å². The van der Waals surface area contributed by atoms with E-state index in [1.807, 2.05) is 11.3 Å². The Balaban J connectivity index is 2.94. The van der Waals surface area contributed by atoms with E-state index in [4.69, 9.17) is 4.98 Å². The summed E-state index contributed by atoms with van der Waals surface area (Å²) in [5.41, 5.74) is 1.41. The minimum absolute atomic E-state index is 0.139. The first-order valence-electron chi connectivity index (χ1n) is 6.92. The standard InChI is InChI=1S/C15H28N2S/c1-10(2)8-13-17-14(15(5,6)7)12(18-13)9-16-11(3)4/h10-11,16H,8-9H2,1-7H3. The van der Waals surface area contributed by atoms with Crippen LogP contribution in [0.15, 0.2) is 0 Å². The second kappa shape index (κ2) is 6.16. The van der Waals surface area contributed by atoms with Crippen molar-refractivity contribution in [1.29, 1.82) is 0 Å². The van der Waals surface area contributed by atoms with Gasteiger partial charge in [0.15, 0.2) is 0 Å². The van der Waals surface area contributed by atoms with Gasteiger partial charge in [-0.1, -0.05) is 48.5 Å². The zero-order chi connectivity index (χ0) is 13.9. The molecule has 1 aromatic rings. The molecule has 0 aliphatic heterocycles. The molecule has 2 nitrogen and oxygen atoms in total. The zero-order valence-corrected chi connectivity index (χ0v) is 13.7. The molecule has 0 aliphatic carbocycles. The first-order valence-corrected chi connectivity index (χ1v) is 7.74. The van der Waals surface area contributed by atoms with Crippen molar-refractivity contribution < 1.29 is 0 Å². The molecular formula is C15H28N2S. The highest BCUT2D eigenvalue weighted by atomic mass is 32.1. The molecule has 0 radical (unpaired) electrons. The van der Waals surface area contributed by atoms with Gasteiger partial charge in [0, 0.05) is 29.3 Å². The molecule has 0 unspecified atom stereocenters. The van der Waals surface area contributed by atoms with Crippen LogP contribution in [0.3, 0.4) is 0 Å². The van der Waals surface area contributed by atoms with Crippen LogP contribution in [0.2, 0.25) is 0 Å². The van der Waals surface area contributed by atoms with E-state index in [1.165, 1.54) is 15.6 Å². The quantitative estimate of drug-likeness (QED) is 0.868. The molecule has 0 saturated carbocycles. The Morgan fingerprint density at radius 2 is 1.78 bits per heavy atom. The lowest BCUT2D eigenvalue weighted by molar-refractivity contribution is 0.542. The Kier molecular flexibility index (Phi) is 5.35. The number of nitrogens with zero attached hydrogens (tertiary/aromatic N) is 1. The van der Waals surface area contributed by atoms with Gasteiger partial charge in [-0.2, -0.15) is 0 Å². The lowest BCUT2D eigenvalue weighted by Crippen LogP contribution is -2.23. The van der Waals surface area contributed by atoms with Gasteiger partial charge in [-0.3, -0.25) is 0 Å². The molecule has 0 fully saturated rings. The fourth-order valence-corrected chi connectivity index (χ4v) is 3.28. The Morgan fingerprint density at radius 1 is 1.17 bits per heavy atom. The van der Waals surface area contributed by atoms with Crippen LogP contribution >= 0.6 is 11.3 Å². The van der Waals surface area contributed by atoms with Crippen LogP contribution in [-0.2, 0) is 18.4 Å². The van der Waals surface area contributed by atoms with Crippen molar-refractivity contribution in [3.8, 4) is 0 Å². The molecule has 0 bridgehead atoms. The maximum atomic E-state index is 4.88. The summed E-state index contributed by atoms with van der Waals surface area (Å²) in [6, 6.07) is 0.522. The molecule has 104 valence electrons. The molecule has 0 saturated heterocycles. The number of hydrogen-bond acceptors (Lipinski definition) is 3. The predicted molar refractivity (Wildman–Crippen MR) is 81.3 cm³/mol. The first-order chi connectivity index (χ1) is 8.20. The summed E-state index contributed by atoms with van der Waals surface area (Å²) in [7, 11) is 0. The van der Waals surface area contributed by atoms with Gasteiger partial charge < -0.3 is 5.32 Å². The molecule has 1 N–H and O–H groups in total. The summed E-state index contributed by atoms with van der Waals surface area (Å²) in [6.07, 6.45) is 1.09. The van der Waals surface area contributed by atoms with Gasteiger partial charge in [-0.25, -0.2) is 4.98 Å². The van der Waals surface area contributed by atoms with Gasteiger partial charge >= 0.3 is 0 Å². The fourth-order valence-electron chi connectivity index (χ4n) is 1.84. The number of hydrogen-bond donors (Lipinski definition) is 1. The highest BCUT2D eigenvalue weighted by Crippen LogP contribution is 2.30. The average molecular weight is 268 g/mol. The smallest absolute Gasteiger partial charge is 0.0934 e. The fraction of sp³-hybridized carbons (Fsp3) is 0.800. The average Bonchev–Trinajstić information content (AvgIpc) is 2.56. The van der Waals surface area contributed by atoms with Gasteiger partial charge in [-0.05, 0) is 5.92 Å². The van der Waals surface area contributed by atoms with Crippen LogP contribution in [0.25, 0.3) is 0 Å². The second-order valence-corrected chi connectivity index (χ2v) is 7.93.